The Kier molecular flexibility index (Phi) is 6.44. The van der Waals surface area contributed by atoms with E-state index in [-0.39, 0.29) is 30.1 Å². The topological polar surface area (TPSA) is 67.2 Å². The lowest BCUT2D eigenvalue weighted by atomic mass is 10.1. The molecule has 2 heterocycles. The van der Waals surface area contributed by atoms with Crippen LogP contribution in [-0.4, -0.2) is 39.6 Å². The van der Waals surface area contributed by atoms with Crippen LogP contribution >= 0.6 is 0 Å². The van der Waals surface area contributed by atoms with Crippen LogP contribution in [0.4, 0.5) is 4.39 Å². The lowest BCUT2D eigenvalue weighted by Gasteiger charge is -2.21. The summed E-state index contributed by atoms with van der Waals surface area (Å²) in [4.78, 5) is 26.2. The van der Waals surface area contributed by atoms with Gasteiger partial charge in [-0.2, -0.15) is 5.10 Å². The molecule has 28 heavy (non-hydrogen) atoms. The van der Waals surface area contributed by atoms with Gasteiger partial charge in [0.1, 0.15) is 5.82 Å². The maximum atomic E-state index is 13.5. The fourth-order valence-corrected chi connectivity index (χ4v) is 3.62. The normalized spacial score (nSPS) is 16.0. The summed E-state index contributed by atoms with van der Waals surface area (Å²) in [5.74, 6) is -0.272. The minimum Gasteiger partial charge on any atom is -0.349 e. The zero-order chi connectivity index (χ0) is 20.1. The second-order valence-corrected chi connectivity index (χ2v) is 7.31. The molecule has 1 aromatic heterocycles. The molecule has 7 heteroatoms. The SMILES string of the molecule is Cc1c(C(C)NC(=O)CCN2CCCCCC2=O)cnn1-c1cccc(F)c1. The summed E-state index contributed by atoms with van der Waals surface area (Å²) in [7, 11) is 0. The Morgan fingerprint density at radius 1 is 1.32 bits per heavy atom. The van der Waals surface area contributed by atoms with Crippen molar-refractivity contribution in [3.63, 3.8) is 0 Å². The van der Waals surface area contributed by atoms with Crippen LogP contribution in [-0.2, 0) is 9.59 Å². The van der Waals surface area contributed by atoms with Crippen molar-refractivity contribution >= 4 is 11.8 Å². The maximum Gasteiger partial charge on any atom is 0.222 e. The van der Waals surface area contributed by atoms with E-state index < -0.39 is 0 Å². The van der Waals surface area contributed by atoms with Crippen LogP contribution in [0.15, 0.2) is 30.5 Å². The van der Waals surface area contributed by atoms with Gasteiger partial charge in [0.15, 0.2) is 0 Å². The van der Waals surface area contributed by atoms with Crippen LogP contribution < -0.4 is 5.32 Å². The summed E-state index contributed by atoms with van der Waals surface area (Å²) in [6.07, 6.45) is 5.57. The van der Waals surface area contributed by atoms with Crippen LogP contribution in [0.5, 0.6) is 0 Å². The van der Waals surface area contributed by atoms with E-state index in [2.05, 4.69) is 10.4 Å². The van der Waals surface area contributed by atoms with Crippen molar-refractivity contribution in [3.8, 4) is 5.69 Å². The Bertz CT molecular complexity index is 849. The van der Waals surface area contributed by atoms with Gasteiger partial charge in [0.05, 0.1) is 17.9 Å². The summed E-state index contributed by atoms with van der Waals surface area (Å²) in [6, 6.07) is 6.01. The number of nitrogens with one attached hydrogen (secondary N) is 1. The average molecular weight is 386 g/mol. The maximum absolute atomic E-state index is 13.5. The zero-order valence-electron chi connectivity index (χ0n) is 16.4. The van der Waals surface area contributed by atoms with Crippen molar-refractivity contribution in [1.29, 1.82) is 0 Å². The highest BCUT2D eigenvalue weighted by Gasteiger charge is 2.19. The van der Waals surface area contributed by atoms with Crippen molar-refractivity contribution in [3.05, 3.63) is 47.5 Å². The first-order valence-corrected chi connectivity index (χ1v) is 9.83. The van der Waals surface area contributed by atoms with Crippen molar-refractivity contribution in [2.24, 2.45) is 0 Å². The van der Waals surface area contributed by atoms with E-state index in [0.717, 1.165) is 37.1 Å². The highest BCUT2D eigenvalue weighted by atomic mass is 19.1. The summed E-state index contributed by atoms with van der Waals surface area (Å²) in [5.41, 5.74) is 2.37. The highest BCUT2D eigenvalue weighted by Crippen LogP contribution is 2.21. The molecule has 2 aromatic rings. The Balaban J connectivity index is 1.59. The van der Waals surface area contributed by atoms with Gasteiger partial charge in [-0.1, -0.05) is 12.5 Å². The van der Waals surface area contributed by atoms with E-state index in [1.54, 1.807) is 27.9 Å². The number of hydrogen-bond acceptors (Lipinski definition) is 3. The second-order valence-electron chi connectivity index (χ2n) is 7.31. The van der Waals surface area contributed by atoms with Crippen molar-refractivity contribution in [2.45, 2.75) is 52.0 Å². The number of aromatic nitrogens is 2. The Labute approximate surface area is 164 Å². The third-order valence-corrected chi connectivity index (χ3v) is 5.22. The summed E-state index contributed by atoms with van der Waals surface area (Å²) < 4.78 is 15.2. The minimum atomic E-state index is -0.321. The number of carbonyl (C=O) groups is 2. The largest absolute Gasteiger partial charge is 0.349 e. The van der Waals surface area contributed by atoms with Crippen molar-refractivity contribution < 1.29 is 14.0 Å². The molecule has 1 unspecified atom stereocenters. The lowest BCUT2D eigenvalue weighted by Crippen LogP contribution is -2.35. The first-order chi connectivity index (χ1) is 13.5. The molecular formula is C21H27FN4O2. The molecule has 2 amide bonds. The molecule has 0 bridgehead atoms. The Morgan fingerprint density at radius 3 is 2.93 bits per heavy atom. The fraction of sp³-hybridized carbons (Fsp3) is 0.476. The summed E-state index contributed by atoms with van der Waals surface area (Å²) in [5, 5.41) is 7.32. The van der Waals surface area contributed by atoms with Crippen molar-refractivity contribution in [2.75, 3.05) is 13.1 Å². The molecule has 0 aliphatic carbocycles. The van der Waals surface area contributed by atoms with Gasteiger partial charge in [0.2, 0.25) is 11.8 Å². The first kappa shape index (κ1) is 20.0. The molecule has 3 rings (SSSR count). The third kappa shape index (κ3) is 4.77. The standard InChI is InChI=1S/C21H27FN4O2/c1-15(24-20(27)10-12-25-11-5-3-4-9-21(25)28)19-14-23-26(16(19)2)18-8-6-7-17(22)13-18/h6-8,13-15H,3-5,9-12H2,1-2H3,(H,24,27). The molecule has 0 spiro atoms. The number of hydrogen-bond donors (Lipinski definition) is 1. The van der Waals surface area contributed by atoms with Gasteiger partial charge in [-0.15, -0.1) is 0 Å². The predicted molar refractivity (Wildman–Crippen MR) is 104 cm³/mol. The van der Waals surface area contributed by atoms with Gasteiger partial charge in [-0.25, -0.2) is 9.07 Å². The highest BCUT2D eigenvalue weighted by molar-refractivity contribution is 5.79. The van der Waals surface area contributed by atoms with Crippen LogP contribution in [0, 0.1) is 12.7 Å². The predicted octanol–water partition coefficient (Wildman–Crippen LogP) is 3.29. The van der Waals surface area contributed by atoms with E-state index in [1.165, 1.54) is 12.1 Å². The number of rotatable bonds is 6. The molecule has 150 valence electrons. The fourth-order valence-electron chi connectivity index (χ4n) is 3.62. The third-order valence-electron chi connectivity index (χ3n) is 5.22. The quantitative estimate of drug-likeness (QED) is 0.828. The smallest absolute Gasteiger partial charge is 0.222 e. The monoisotopic (exact) mass is 386 g/mol. The number of carbonyl (C=O) groups excluding carboxylic acids is 2. The van der Waals surface area contributed by atoms with Gasteiger partial charge >= 0.3 is 0 Å². The molecule has 1 saturated heterocycles. The van der Waals surface area contributed by atoms with Gasteiger partial charge in [0.25, 0.3) is 0 Å². The van der Waals surface area contributed by atoms with E-state index in [9.17, 15) is 14.0 Å². The number of halogens is 1. The summed E-state index contributed by atoms with van der Waals surface area (Å²) >= 11 is 0. The van der Waals surface area contributed by atoms with Gasteiger partial charge in [-0.3, -0.25) is 9.59 Å². The van der Waals surface area contributed by atoms with Crippen molar-refractivity contribution in [1.82, 2.24) is 20.0 Å². The van der Waals surface area contributed by atoms with Gasteiger partial charge < -0.3 is 10.2 Å². The number of amides is 2. The number of benzene rings is 1. The second kappa shape index (κ2) is 8.99. The number of nitrogens with zero attached hydrogens (tertiary/aromatic N) is 3. The Hall–Kier alpha value is -2.70. The van der Waals surface area contributed by atoms with Gasteiger partial charge in [0, 0.05) is 37.2 Å². The molecule has 6 nitrogen and oxygen atoms in total. The molecule has 1 N–H and O–H groups in total. The zero-order valence-corrected chi connectivity index (χ0v) is 16.4. The minimum absolute atomic E-state index is 0.0950. The molecule has 1 aromatic carbocycles. The lowest BCUT2D eigenvalue weighted by molar-refractivity contribution is -0.131. The number of likely N-dealkylation sites (tertiary alicyclic amines) is 1. The van der Waals surface area contributed by atoms with Crippen LogP contribution in [0.3, 0.4) is 0 Å². The molecule has 1 aliphatic rings. The summed E-state index contributed by atoms with van der Waals surface area (Å²) in [6.45, 7) is 4.99. The van der Waals surface area contributed by atoms with E-state index in [0.29, 0.717) is 18.7 Å². The molecular weight excluding hydrogens is 359 g/mol. The van der Waals surface area contributed by atoms with Crippen LogP contribution in [0.2, 0.25) is 0 Å². The van der Waals surface area contributed by atoms with E-state index in [4.69, 9.17) is 0 Å². The van der Waals surface area contributed by atoms with E-state index >= 15 is 0 Å². The van der Waals surface area contributed by atoms with Crippen LogP contribution in [0.1, 0.15) is 56.3 Å². The molecule has 1 aliphatic heterocycles. The van der Waals surface area contributed by atoms with Gasteiger partial charge in [-0.05, 0) is 44.9 Å². The Morgan fingerprint density at radius 2 is 2.14 bits per heavy atom. The van der Waals surface area contributed by atoms with E-state index in [1.807, 2.05) is 13.8 Å². The molecule has 1 atom stereocenters. The molecule has 0 saturated carbocycles. The molecule has 1 fully saturated rings. The van der Waals surface area contributed by atoms with Crippen LogP contribution in [0.25, 0.3) is 5.69 Å². The molecule has 0 radical (unpaired) electrons. The first-order valence-electron chi connectivity index (χ1n) is 9.83. The average Bonchev–Trinajstić information content (AvgIpc) is 2.92.